The summed E-state index contributed by atoms with van der Waals surface area (Å²) < 4.78 is 57.6. The summed E-state index contributed by atoms with van der Waals surface area (Å²) in [5.41, 5.74) is -0.232. The Morgan fingerprint density at radius 3 is 2.76 bits per heavy atom. The molecule has 5 heterocycles. The first-order chi connectivity index (χ1) is 19.7. The van der Waals surface area contributed by atoms with Crippen LogP contribution in [0.1, 0.15) is 44.0 Å². The molecule has 2 unspecified atom stereocenters. The van der Waals surface area contributed by atoms with E-state index in [-0.39, 0.29) is 10.0 Å². The predicted octanol–water partition coefficient (Wildman–Crippen LogP) is 3.62. The van der Waals surface area contributed by atoms with Gasteiger partial charge in [-0.1, -0.05) is 24.3 Å². The molecule has 214 valence electrons. The Morgan fingerprint density at radius 1 is 1.22 bits per heavy atom. The van der Waals surface area contributed by atoms with Crippen LogP contribution in [-0.2, 0) is 10.0 Å². The first-order valence-electron chi connectivity index (χ1n) is 13.6. The molecule has 3 aliphatic rings. The molecular weight excluding hydrogens is 572 g/mol. The normalized spacial score (nSPS) is 22.5. The van der Waals surface area contributed by atoms with E-state index in [1.54, 1.807) is 10.6 Å². The molecule has 41 heavy (non-hydrogen) atoms. The first-order valence-corrected chi connectivity index (χ1v) is 15.9. The van der Waals surface area contributed by atoms with Crippen molar-refractivity contribution in [2.75, 3.05) is 31.1 Å². The molecule has 0 amide bonds. The number of alkyl halides is 2. The summed E-state index contributed by atoms with van der Waals surface area (Å²) in [4.78, 5) is 14.0. The molecule has 1 saturated carbocycles. The molecule has 3 fully saturated rings. The van der Waals surface area contributed by atoms with E-state index in [4.69, 9.17) is 0 Å². The third-order valence-corrected chi connectivity index (χ3v) is 11.0. The number of anilines is 1. The van der Waals surface area contributed by atoms with Gasteiger partial charge in [-0.2, -0.15) is 9.98 Å². The molecule has 0 radical (unpaired) electrons. The van der Waals surface area contributed by atoms with Gasteiger partial charge in [0, 0.05) is 24.5 Å². The number of likely N-dealkylation sites (tertiary alicyclic amines) is 1. The molecule has 15 heteroatoms. The van der Waals surface area contributed by atoms with E-state index in [0.717, 1.165) is 56.2 Å². The minimum Gasteiger partial charge on any atom is -0.356 e. The van der Waals surface area contributed by atoms with Crippen LogP contribution in [0.2, 0.25) is 0 Å². The Balaban J connectivity index is 1.39. The number of aromatic nitrogens is 5. The van der Waals surface area contributed by atoms with Gasteiger partial charge >= 0.3 is 0 Å². The Kier molecular flexibility index (Phi) is 6.23. The summed E-state index contributed by atoms with van der Waals surface area (Å²) in [6.45, 7) is 5.95. The molecular formula is C26H27F2N9O2S2. The number of sulfonamides is 1. The molecule has 3 aromatic heterocycles. The van der Waals surface area contributed by atoms with Crippen molar-refractivity contribution in [1.82, 2.24) is 34.4 Å². The molecule has 1 aliphatic carbocycles. The third-order valence-electron chi connectivity index (χ3n) is 8.57. The zero-order chi connectivity index (χ0) is 28.5. The summed E-state index contributed by atoms with van der Waals surface area (Å²) in [5.74, 6) is 1.23. The standard InChI is InChI=1S/C26H27F2N9O2S2/c1-2-35-9-5-15-12-36(10-6-18(15)35)22-20-17-4-3-16(41(38,39)34-26(13-29)7-8-26)11-19(17)37(23(20)31-14-30-22)25-33-32-24(40-25)21(27)28/h3-4,11,14-15,18,21,34H,2,5-10,12H2,1H3. The lowest BCUT2D eigenvalue weighted by molar-refractivity contribution is 0.150. The van der Waals surface area contributed by atoms with Crippen LogP contribution in [0.25, 0.3) is 27.1 Å². The van der Waals surface area contributed by atoms with Crippen LogP contribution < -0.4 is 9.62 Å². The van der Waals surface area contributed by atoms with Gasteiger partial charge in [0.1, 0.15) is 17.7 Å². The van der Waals surface area contributed by atoms with Gasteiger partial charge in [0.25, 0.3) is 6.43 Å². The molecule has 0 bridgehead atoms. The summed E-state index contributed by atoms with van der Waals surface area (Å²) >= 11 is 0.725. The number of nitrogens with one attached hydrogen (secondary N) is 1. The monoisotopic (exact) mass is 599 g/mol. The van der Waals surface area contributed by atoms with Gasteiger partial charge in [0.15, 0.2) is 10.7 Å². The van der Waals surface area contributed by atoms with E-state index in [0.29, 0.717) is 46.7 Å². The molecule has 2 aliphatic heterocycles. The maximum atomic E-state index is 13.5. The second kappa shape index (κ2) is 9.62. The van der Waals surface area contributed by atoms with Gasteiger partial charge in [-0.15, -0.1) is 10.2 Å². The maximum absolute atomic E-state index is 13.5. The van der Waals surface area contributed by atoms with Gasteiger partial charge in [-0.3, -0.25) is 4.57 Å². The zero-order valence-electron chi connectivity index (χ0n) is 22.2. The molecule has 2 saturated heterocycles. The minimum atomic E-state index is -4.04. The lowest BCUT2D eigenvalue weighted by atomic mass is 9.92. The predicted molar refractivity (Wildman–Crippen MR) is 149 cm³/mol. The third kappa shape index (κ3) is 4.35. The van der Waals surface area contributed by atoms with Crippen LogP contribution in [0.5, 0.6) is 0 Å². The fourth-order valence-electron chi connectivity index (χ4n) is 6.35. The number of rotatable bonds is 7. The highest BCUT2D eigenvalue weighted by atomic mass is 32.2. The number of hydrogen-bond donors (Lipinski definition) is 1. The van der Waals surface area contributed by atoms with Crippen LogP contribution in [0.4, 0.5) is 14.6 Å². The van der Waals surface area contributed by atoms with Crippen molar-refractivity contribution in [2.45, 2.75) is 55.5 Å². The number of piperidine rings is 1. The molecule has 1 N–H and O–H groups in total. The number of benzene rings is 1. The molecule has 11 nitrogen and oxygen atoms in total. The van der Waals surface area contributed by atoms with Crippen molar-refractivity contribution in [3.05, 3.63) is 29.5 Å². The second-order valence-corrected chi connectivity index (χ2v) is 13.6. The van der Waals surface area contributed by atoms with Crippen molar-refractivity contribution in [1.29, 1.82) is 5.26 Å². The van der Waals surface area contributed by atoms with Crippen molar-refractivity contribution >= 4 is 49.1 Å². The molecule has 4 aromatic rings. The van der Waals surface area contributed by atoms with Crippen LogP contribution in [-0.4, -0.2) is 75.8 Å². The quantitative estimate of drug-likeness (QED) is 0.338. The lowest BCUT2D eigenvalue weighted by Gasteiger charge is -2.38. The number of fused-ring (bicyclic) bond motifs is 4. The van der Waals surface area contributed by atoms with Gasteiger partial charge in [-0.05, 0) is 56.8 Å². The van der Waals surface area contributed by atoms with Crippen molar-refractivity contribution in [3.63, 3.8) is 0 Å². The van der Waals surface area contributed by atoms with E-state index in [1.165, 1.54) is 18.5 Å². The van der Waals surface area contributed by atoms with Gasteiger partial charge in [0.05, 0.1) is 21.9 Å². The Labute approximate surface area is 238 Å². The number of nitriles is 1. The van der Waals surface area contributed by atoms with E-state index in [2.05, 4.69) is 41.6 Å². The summed E-state index contributed by atoms with van der Waals surface area (Å²) in [6, 6.07) is 7.25. The largest absolute Gasteiger partial charge is 0.356 e. The molecule has 2 atom stereocenters. The molecule has 1 aromatic carbocycles. The maximum Gasteiger partial charge on any atom is 0.291 e. The average Bonchev–Trinajstić information content (AvgIpc) is 3.30. The lowest BCUT2D eigenvalue weighted by Crippen LogP contribution is -2.46. The van der Waals surface area contributed by atoms with Gasteiger partial charge < -0.3 is 9.80 Å². The van der Waals surface area contributed by atoms with Crippen LogP contribution >= 0.6 is 11.3 Å². The van der Waals surface area contributed by atoms with Crippen molar-refractivity contribution in [3.8, 4) is 11.2 Å². The van der Waals surface area contributed by atoms with Crippen LogP contribution in [0, 0.1) is 17.2 Å². The van der Waals surface area contributed by atoms with Gasteiger partial charge in [0.2, 0.25) is 15.2 Å². The highest BCUT2D eigenvalue weighted by molar-refractivity contribution is 7.89. The SMILES string of the molecule is CCN1CCC2CN(c3ncnc4c3c3ccc(S(=O)(=O)NC5(C#N)CC5)cc3n4-c3nnc(C(F)F)s3)CCC21. The fraction of sp³-hybridized carbons (Fsp3) is 0.500. The Morgan fingerprint density at radius 2 is 2.05 bits per heavy atom. The molecule has 7 rings (SSSR count). The number of hydrogen-bond acceptors (Lipinski definition) is 10. The smallest absolute Gasteiger partial charge is 0.291 e. The highest BCUT2D eigenvalue weighted by Crippen LogP contribution is 2.41. The van der Waals surface area contributed by atoms with E-state index in [9.17, 15) is 22.5 Å². The van der Waals surface area contributed by atoms with Crippen molar-refractivity contribution in [2.24, 2.45) is 5.92 Å². The van der Waals surface area contributed by atoms with Gasteiger partial charge in [-0.25, -0.2) is 27.2 Å². The topological polar surface area (TPSA) is 133 Å². The van der Waals surface area contributed by atoms with E-state index >= 15 is 0 Å². The number of nitrogens with zero attached hydrogens (tertiary/aromatic N) is 8. The number of halogens is 2. The Hall–Kier alpha value is -3.32. The second-order valence-electron chi connectivity index (χ2n) is 10.9. The summed E-state index contributed by atoms with van der Waals surface area (Å²) in [5, 5.41) is 18.2. The zero-order valence-corrected chi connectivity index (χ0v) is 23.8. The molecule has 0 spiro atoms. The Bertz CT molecular complexity index is 1810. The van der Waals surface area contributed by atoms with Crippen LogP contribution in [0.3, 0.4) is 0 Å². The van der Waals surface area contributed by atoms with Crippen molar-refractivity contribution < 1.29 is 17.2 Å². The first kappa shape index (κ1) is 26.6. The highest BCUT2D eigenvalue weighted by Gasteiger charge is 2.47. The summed E-state index contributed by atoms with van der Waals surface area (Å²) in [6.07, 6.45) is 1.66. The van der Waals surface area contributed by atoms with Crippen LogP contribution in [0.15, 0.2) is 29.4 Å². The average molecular weight is 600 g/mol. The summed E-state index contributed by atoms with van der Waals surface area (Å²) in [7, 11) is -4.04. The minimum absolute atomic E-state index is 0.0462. The fourth-order valence-corrected chi connectivity index (χ4v) is 8.46. The van der Waals surface area contributed by atoms with E-state index in [1.807, 2.05) is 6.07 Å². The van der Waals surface area contributed by atoms with E-state index < -0.39 is 27.0 Å².